The molecule has 0 aromatic heterocycles. The van der Waals surface area contributed by atoms with E-state index in [4.69, 9.17) is 5.11 Å². The van der Waals surface area contributed by atoms with Gasteiger partial charge in [-0.25, -0.2) is 4.79 Å². The molecule has 1 amide bonds. The summed E-state index contributed by atoms with van der Waals surface area (Å²) in [5, 5.41) is 15.0. The largest absolute Gasteiger partial charge is 0.478 e. The average Bonchev–Trinajstić information content (AvgIpc) is 2.49. The number of carboxylic acid groups (broad SMARTS) is 1. The molecule has 23 heavy (non-hydrogen) atoms. The van der Waals surface area contributed by atoms with E-state index in [1.54, 1.807) is 24.3 Å². The molecule has 0 aliphatic heterocycles. The van der Waals surface area contributed by atoms with Crippen molar-refractivity contribution in [2.24, 2.45) is 0 Å². The van der Waals surface area contributed by atoms with Crippen LogP contribution in [0.25, 0.3) is 6.08 Å². The smallest absolute Gasteiger partial charge is 0.328 e. The number of aliphatic carboxylic acids is 1. The molecule has 1 unspecified atom stereocenters. The number of nitrogens with one attached hydrogen (secondary N) is 2. The second kappa shape index (κ2) is 7.42. The van der Waals surface area contributed by atoms with Crippen molar-refractivity contribution in [2.75, 3.05) is 5.32 Å². The Hall–Kier alpha value is -2.14. The number of amides is 1. The number of rotatable bonds is 7. The summed E-state index contributed by atoms with van der Waals surface area (Å²) in [6, 6.07) is 7.45. The highest BCUT2D eigenvalue weighted by atomic mass is 16.4. The molecule has 5 heteroatoms. The van der Waals surface area contributed by atoms with Crippen LogP contribution in [0.2, 0.25) is 0 Å². The standard InChI is InChI=1S/C18H24N2O3/c1-3-13(2)20-18(11-4-12-18)17(23)19-15-8-5-14(6-9-15)7-10-16(21)22/h5-10,13,20H,3-4,11-12H2,1-2H3,(H,19,23)(H,21,22)/b10-7+. The number of benzene rings is 1. The lowest BCUT2D eigenvalue weighted by molar-refractivity contribution is -0.131. The molecule has 3 N–H and O–H groups in total. The summed E-state index contributed by atoms with van der Waals surface area (Å²) >= 11 is 0. The number of carboxylic acids is 1. The second-order valence-electron chi connectivity index (χ2n) is 6.14. The third-order valence-corrected chi connectivity index (χ3v) is 4.36. The van der Waals surface area contributed by atoms with Gasteiger partial charge in [-0.3, -0.25) is 4.79 Å². The fourth-order valence-corrected chi connectivity index (χ4v) is 2.64. The number of hydrogen-bond donors (Lipinski definition) is 3. The molecule has 0 bridgehead atoms. The molecule has 0 radical (unpaired) electrons. The van der Waals surface area contributed by atoms with Gasteiger partial charge in [-0.15, -0.1) is 0 Å². The first kappa shape index (κ1) is 17.2. The molecule has 5 nitrogen and oxygen atoms in total. The van der Waals surface area contributed by atoms with E-state index in [2.05, 4.69) is 24.5 Å². The van der Waals surface area contributed by atoms with Gasteiger partial charge in [0.15, 0.2) is 0 Å². The first-order chi connectivity index (χ1) is 10.9. The van der Waals surface area contributed by atoms with E-state index in [0.29, 0.717) is 6.04 Å². The van der Waals surface area contributed by atoms with Gasteiger partial charge < -0.3 is 15.7 Å². The molecule has 1 atom stereocenters. The molecule has 0 saturated heterocycles. The summed E-state index contributed by atoms with van der Waals surface area (Å²) in [6.07, 6.45) is 6.39. The average molecular weight is 316 g/mol. The number of hydrogen-bond acceptors (Lipinski definition) is 3. The van der Waals surface area contributed by atoms with Gasteiger partial charge in [0.05, 0.1) is 5.54 Å². The number of carbonyl (C=O) groups excluding carboxylic acids is 1. The van der Waals surface area contributed by atoms with Crippen LogP contribution in [0.15, 0.2) is 30.3 Å². The first-order valence-corrected chi connectivity index (χ1v) is 8.05. The van der Waals surface area contributed by atoms with Crippen molar-refractivity contribution >= 4 is 23.6 Å². The zero-order valence-electron chi connectivity index (χ0n) is 13.6. The van der Waals surface area contributed by atoms with Crippen LogP contribution >= 0.6 is 0 Å². The minimum absolute atomic E-state index is 0.0119. The van der Waals surface area contributed by atoms with Gasteiger partial charge in [0.2, 0.25) is 5.91 Å². The Bertz CT molecular complexity index is 589. The second-order valence-corrected chi connectivity index (χ2v) is 6.14. The summed E-state index contributed by atoms with van der Waals surface area (Å²) < 4.78 is 0. The van der Waals surface area contributed by atoms with Gasteiger partial charge in [-0.1, -0.05) is 19.1 Å². The van der Waals surface area contributed by atoms with E-state index in [-0.39, 0.29) is 5.91 Å². The lowest BCUT2D eigenvalue weighted by Gasteiger charge is -2.43. The zero-order valence-corrected chi connectivity index (χ0v) is 13.6. The monoisotopic (exact) mass is 316 g/mol. The molecule has 0 heterocycles. The third-order valence-electron chi connectivity index (χ3n) is 4.36. The summed E-state index contributed by atoms with van der Waals surface area (Å²) in [6.45, 7) is 4.20. The maximum absolute atomic E-state index is 12.6. The summed E-state index contributed by atoms with van der Waals surface area (Å²) in [7, 11) is 0. The van der Waals surface area contributed by atoms with E-state index < -0.39 is 11.5 Å². The highest BCUT2D eigenvalue weighted by Gasteiger charge is 2.44. The molecule has 1 aliphatic carbocycles. The minimum Gasteiger partial charge on any atom is -0.478 e. The fraction of sp³-hybridized carbons (Fsp3) is 0.444. The van der Waals surface area contributed by atoms with Crippen LogP contribution in [0.4, 0.5) is 5.69 Å². The highest BCUT2D eigenvalue weighted by molar-refractivity contribution is 5.99. The Balaban J connectivity index is 2.00. The zero-order chi connectivity index (χ0) is 16.9. The molecule has 1 aromatic rings. The van der Waals surface area contributed by atoms with Crippen molar-refractivity contribution in [2.45, 2.75) is 51.1 Å². The molecule has 1 saturated carbocycles. The molecule has 1 aromatic carbocycles. The van der Waals surface area contributed by atoms with Crippen molar-refractivity contribution < 1.29 is 14.7 Å². The van der Waals surface area contributed by atoms with Crippen molar-refractivity contribution in [1.82, 2.24) is 5.32 Å². The van der Waals surface area contributed by atoms with E-state index >= 15 is 0 Å². The highest BCUT2D eigenvalue weighted by Crippen LogP contribution is 2.33. The lowest BCUT2D eigenvalue weighted by Crippen LogP contribution is -2.61. The SMILES string of the molecule is CCC(C)NC1(C(=O)Nc2ccc(/C=C/C(=O)O)cc2)CCC1. The Labute approximate surface area is 136 Å². The van der Waals surface area contributed by atoms with E-state index in [9.17, 15) is 9.59 Å². The molecule has 2 rings (SSSR count). The van der Waals surface area contributed by atoms with Gasteiger partial charge in [0, 0.05) is 17.8 Å². The quantitative estimate of drug-likeness (QED) is 0.676. The Morgan fingerprint density at radius 3 is 2.43 bits per heavy atom. The first-order valence-electron chi connectivity index (χ1n) is 8.05. The van der Waals surface area contributed by atoms with Gasteiger partial charge in [0.1, 0.15) is 0 Å². The summed E-state index contributed by atoms with van der Waals surface area (Å²) in [4.78, 5) is 23.1. The molecule has 0 spiro atoms. The van der Waals surface area contributed by atoms with E-state index in [1.165, 1.54) is 6.08 Å². The van der Waals surface area contributed by atoms with Crippen molar-refractivity contribution in [3.8, 4) is 0 Å². The Kier molecular flexibility index (Phi) is 5.55. The van der Waals surface area contributed by atoms with Crippen LogP contribution in [0.5, 0.6) is 0 Å². The molecule has 1 fully saturated rings. The predicted molar refractivity (Wildman–Crippen MR) is 91.2 cm³/mol. The van der Waals surface area contributed by atoms with Gasteiger partial charge in [-0.05, 0) is 56.4 Å². The summed E-state index contributed by atoms with van der Waals surface area (Å²) in [5.74, 6) is -0.969. The van der Waals surface area contributed by atoms with Gasteiger partial charge in [0.25, 0.3) is 0 Å². The van der Waals surface area contributed by atoms with Crippen LogP contribution in [-0.4, -0.2) is 28.6 Å². The fourth-order valence-electron chi connectivity index (χ4n) is 2.64. The van der Waals surface area contributed by atoms with Gasteiger partial charge in [-0.2, -0.15) is 0 Å². The van der Waals surface area contributed by atoms with Crippen molar-refractivity contribution in [1.29, 1.82) is 0 Å². The Morgan fingerprint density at radius 1 is 1.30 bits per heavy atom. The van der Waals surface area contributed by atoms with Crippen LogP contribution < -0.4 is 10.6 Å². The number of carbonyl (C=O) groups is 2. The minimum atomic E-state index is -0.981. The van der Waals surface area contributed by atoms with Crippen molar-refractivity contribution in [3.63, 3.8) is 0 Å². The van der Waals surface area contributed by atoms with Crippen LogP contribution in [-0.2, 0) is 9.59 Å². The number of anilines is 1. The van der Waals surface area contributed by atoms with Crippen LogP contribution in [0.1, 0.15) is 45.1 Å². The van der Waals surface area contributed by atoms with Crippen LogP contribution in [0, 0.1) is 0 Å². The molecular formula is C18H24N2O3. The normalized spacial score (nSPS) is 17.5. The lowest BCUT2D eigenvalue weighted by atomic mass is 9.75. The predicted octanol–water partition coefficient (Wildman–Crippen LogP) is 3.03. The molecule has 1 aliphatic rings. The maximum Gasteiger partial charge on any atom is 0.328 e. The molecular weight excluding hydrogens is 292 g/mol. The maximum atomic E-state index is 12.6. The van der Waals surface area contributed by atoms with Crippen molar-refractivity contribution in [3.05, 3.63) is 35.9 Å². The third kappa shape index (κ3) is 4.42. The Morgan fingerprint density at radius 2 is 1.96 bits per heavy atom. The summed E-state index contributed by atoms with van der Waals surface area (Å²) in [5.41, 5.74) is 1.05. The van der Waals surface area contributed by atoms with E-state index in [1.807, 2.05) is 0 Å². The topological polar surface area (TPSA) is 78.4 Å². The molecule has 124 valence electrons. The van der Waals surface area contributed by atoms with Gasteiger partial charge >= 0.3 is 5.97 Å². The van der Waals surface area contributed by atoms with E-state index in [0.717, 1.165) is 43.0 Å². The van der Waals surface area contributed by atoms with Crippen LogP contribution in [0.3, 0.4) is 0 Å².